The van der Waals surface area contributed by atoms with Gasteiger partial charge < -0.3 is 0 Å². The molecule has 1 aromatic carbocycles. The number of hydrogen-bond donors (Lipinski definition) is 0. The van der Waals surface area contributed by atoms with Crippen molar-refractivity contribution in [2.24, 2.45) is 0 Å². The lowest BCUT2D eigenvalue weighted by Gasteiger charge is -2.01. The van der Waals surface area contributed by atoms with E-state index in [1.807, 2.05) is 6.07 Å². The molecule has 5 heteroatoms. The maximum absolute atomic E-state index is 13.7. The summed E-state index contributed by atoms with van der Waals surface area (Å²) in [5.41, 5.74) is 1.41. The quantitative estimate of drug-likeness (QED) is 0.654. The first-order chi connectivity index (χ1) is 8.79. The van der Waals surface area contributed by atoms with Gasteiger partial charge in [0.1, 0.15) is 11.9 Å². The smallest absolute Gasteiger partial charge is 0.171 e. The number of rotatable bonds is 1. The monoisotopic (exact) mass is 238 g/mol. The van der Waals surface area contributed by atoms with Crippen molar-refractivity contribution in [3.8, 4) is 17.5 Å². The van der Waals surface area contributed by atoms with E-state index >= 15 is 0 Å². The standard InChI is InChI=1S/C13H7FN4/c14-11-4-2-1-3-10(11)13-17-16-12-6-5-9(7-15)8-18(12)13/h1-6,8H. The molecule has 18 heavy (non-hydrogen) atoms. The van der Waals surface area contributed by atoms with Gasteiger partial charge in [0.15, 0.2) is 11.5 Å². The van der Waals surface area contributed by atoms with Gasteiger partial charge in [-0.25, -0.2) is 4.39 Å². The molecule has 0 saturated heterocycles. The van der Waals surface area contributed by atoms with Gasteiger partial charge in [0.25, 0.3) is 0 Å². The number of aromatic nitrogens is 3. The molecule has 0 atom stereocenters. The number of nitrogens with zero attached hydrogens (tertiary/aromatic N) is 4. The number of pyridine rings is 1. The van der Waals surface area contributed by atoms with E-state index in [2.05, 4.69) is 10.2 Å². The van der Waals surface area contributed by atoms with E-state index in [4.69, 9.17) is 5.26 Å². The fourth-order valence-electron chi connectivity index (χ4n) is 1.78. The topological polar surface area (TPSA) is 54.0 Å². The number of halogens is 1. The Labute approximate surface area is 102 Å². The van der Waals surface area contributed by atoms with Crippen LogP contribution in [0.5, 0.6) is 0 Å². The summed E-state index contributed by atoms with van der Waals surface area (Å²) in [6, 6.07) is 11.7. The van der Waals surface area contributed by atoms with Crippen LogP contribution in [0.2, 0.25) is 0 Å². The number of benzene rings is 1. The van der Waals surface area contributed by atoms with Crippen molar-refractivity contribution in [1.82, 2.24) is 14.6 Å². The molecule has 0 amide bonds. The third kappa shape index (κ3) is 1.52. The van der Waals surface area contributed by atoms with Crippen LogP contribution in [0.3, 0.4) is 0 Å². The summed E-state index contributed by atoms with van der Waals surface area (Å²) in [6.45, 7) is 0. The van der Waals surface area contributed by atoms with Gasteiger partial charge in [-0.05, 0) is 24.3 Å². The Morgan fingerprint density at radius 2 is 1.94 bits per heavy atom. The highest BCUT2D eigenvalue weighted by Crippen LogP contribution is 2.21. The second kappa shape index (κ2) is 3.93. The minimum Gasteiger partial charge on any atom is -0.281 e. The zero-order valence-electron chi connectivity index (χ0n) is 9.21. The van der Waals surface area contributed by atoms with Crippen LogP contribution in [0.4, 0.5) is 4.39 Å². The van der Waals surface area contributed by atoms with E-state index in [1.54, 1.807) is 40.9 Å². The van der Waals surface area contributed by atoms with Crippen molar-refractivity contribution in [1.29, 1.82) is 5.26 Å². The Bertz CT molecular complexity index is 770. The third-order valence-corrected chi connectivity index (χ3v) is 2.65. The number of nitriles is 1. The molecule has 0 bridgehead atoms. The number of hydrogen-bond acceptors (Lipinski definition) is 3. The Balaban J connectivity index is 2.31. The van der Waals surface area contributed by atoms with E-state index in [-0.39, 0.29) is 5.82 Å². The second-order valence-electron chi connectivity index (χ2n) is 3.76. The van der Waals surface area contributed by atoms with Crippen LogP contribution in [-0.2, 0) is 0 Å². The Morgan fingerprint density at radius 3 is 2.72 bits per heavy atom. The van der Waals surface area contributed by atoms with Crippen molar-refractivity contribution in [2.75, 3.05) is 0 Å². The van der Waals surface area contributed by atoms with E-state index in [0.717, 1.165) is 0 Å². The highest BCUT2D eigenvalue weighted by Gasteiger charge is 2.11. The van der Waals surface area contributed by atoms with Gasteiger partial charge in [-0.1, -0.05) is 12.1 Å². The van der Waals surface area contributed by atoms with Crippen molar-refractivity contribution in [3.05, 3.63) is 54.0 Å². The molecule has 0 aliphatic carbocycles. The maximum atomic E-state index is 13.7. The minimum atomic E-state index is -0.367. The molecule has 0 N–H and O–H groups in total. The summed E-state index contributed by atoms with van der Waals surface area (Å²) >= 11 is 0. The predicted octanol–water partition coefficient (Wildman–Crippen LogP) is 2.41. The molecule has 0 aliphatic rings. The molecule has 0 radical (unpaired) electrons. The van der Waals surface area contributed by atoms with Gasteiger partial charge in [-0.15, -0.1) is 10.2 Å². The predicted molar refractivity (Wildman–Crippen MR) is 63.1 cm³/mol. The molecule has 0 saturated carbocycles. The molecule has 4 nitrogen and oxygen atoms in total. The molecule has 3 rings (SSSR count). The van der Waals surface area contributed by atoms with Gasteiger partial charge in [-0.2, -0.15) is 5.26 Å². The zero-order valence-corrected chi connectivity index (χ0v) is 9.21. The first-order valence-corrected chi connectivity index (χ1v) is 5.29. The van der Waals surface area contributed by atoms with E-state index in [1.165, 1.54) is 6.07 Å². The molecule has 3 aromatic rings. The van der Waals surface area contributed by atoms with Crippen LogP contribution in [0.25, 0.3) is 17.0 Å². The SMILES string of the molecule is N#Cc1ccc2nnc(-c3ccccc3F)n2c1. The molecule has 0 spiro atoms. The normalized spacial score (nSPS) is 10.4. The van der Waals surface area contributed by atoms with Crippen LogP contribution in [0, 0.1) is 17.1 Å². The summed E-state index contributed by atoms with van der Waals surface area (Å²) in [7, 11) is 0. The fourth-order valence-corrected chi connectivity index (χ4v) is 1.78. The molecular formula is C13H7FN4. The van der Waals surface area contributed by atoms with Crippen molar-refractivity contribution in [2.45, 2.75) is 0 Å². The average molecular weight is 238 g/mol. The molecule has 0 unspecified atom stereocenters. The molecule has 0 aliphatic heterocycles. The van der Waals surface area contributed by atoms with E-state index in [0.29, 0.717) is 22.6 Å². The van der Waals surface area contributed by atoms with Crippen LogP contribution < -0.4 is 0 Å². The van der Waals surface area contributed by atoms with Gasteiger partial charge in [0.2, 0.25) is 0 Å². The van der Waals surface area contributed by atoms with Gasteiger partial charge >= 0.3 is 0 Å². The summed E-state index contributed by atoms with van der Waals surface area (Å²) < 4.78 is 15.3. The first kappa shape index (κ1) is 10.4. The number of fused-ring (bicyclic) bond motifs is 1. The van der Waals surface area contributed by atoms with Gasteiger partial charge in [-0.3, -0.25) is 4.40 Å². The Kier molecular flexibility index (Phi) is 2.27. The minimum absolute atomic E-state index is 0.361. The fraction of sp³-hybridized carbons (Fsp3) is 0. The molecule has 0 fully saturated rings. The first-order valence-electron chi connectivity index (χ1n) is 5.29. The second-order valence-corrected chi connectivity index (χ2v) is 3.76. The summed E-state index contributed by atoms with van der Waals surface area (Å²) in [5.74, 6) is 0.0226. The van der Waals surface area contributed by atoms with Gasteiger partial charge in [0, 0.05) is 6.20 Å². The van der Waals surface area contributed by atoms with Crippen LogP contribution in [0.15, 0.2) is 42.6 Å². The van der Waals surface area contributed by atoms with Crippen molar-refractivity contribution in [3.63, 3.8) is 0 Å². The molecule has 2 aromatic heterocycles. The summed E-state index contributed by atoms with van der Waals surface area (Å²) in [6.07, 6.45) is 1.59. The lowest BCUT2D eigenvalue weighted by Crippen LogP contribution is -1.93. The Morgan fingerprint density at radius 1 is 1.11 bits per heavy atom. The van der Waals surface area contributed by atoms with E-state index in [9.17, 15) is 4.39 Å². The van der Waals surface area contributed by atoms with Crippen LogP contribution in [-0.4, -0.2) is 14.6 Å². The van der Waals surface area contributed by atoms with E-state index < -0.39 is 0 Å². The largest absolute Gasteiger partial charge is 0.281 e. The average Bonchev–Trinajstić information content (AvgIpc) is 2.82. The summed E-state index contributed by atoms with van der Waals surface area (Å²) in [4.78, 5) is 0. The third-order valence-electron chi connectivity index (χ3n) is 2.65. The molecule has 86 valence electrons. The molecular weight excluding hydrogens is 231 g/mol. The zero-order chi connectivity index (χ0) is 12.5. The highest BCUT2D eigenvalue weighted by molar-refractivity contribution is 5.60. The van der Waals surface area contributed by atoms with Crippen molar-refractivity contribution >= 4 is 5.65 Å². The van der Waals surface area contributed by atoms with Crippen LogP contribution in [0.1, 0.15) is 5.56 Å². The highest BCUT2D eigenvalue weighted by atomic mass is 19.1. The van der Waals surface area contributed by atoms with Crippen LogP contribution >= 0.6 is 0 Å². The lowest BCUT2D eigenvalue weighted by molar-refractivity contribution is 0.629. The molecule has 2 heterocycles. The van der Waals surface area contributed by atoms with Crippen molar-refractivity contribution < 1.29 is 4.39 Å². The Hall–Kier alpha value is -2.74. The van der Waals surface area contributed by atoms with Gasteiger partial charge in [0.05, 0.1) is 11.1 Å². The summed E-state index contributed by atoms with van der Waals surface area (Å²) in [5, 5.41) is 16.8. The maximum Gasteiger partial charge on any atom is 0.171 e. The lowest BCUT2D eigenvalue weighted by atomic mass is 10.2.